The number of nitrogens with zero attached hydrogens (tertiary/aromatic N) is 3. The molecule has 0 unspecified atom stereocenters. The lowest BCUT2D eigenvalue weighted by Gasteiger charge is -2.28. The molecule has 0 aromatic carbocycles. The van der Waals surface area contributed by atoms with Crippen molar-refractivity contribution >= 4 is 47.6 Å². The van der Waals surface area contributed by atoms with Crippen LogP contribution < -0.4 is 5.73 Å². The molecule has 2 rings (SSSR count). The van der Waals surface area contributed by atoms with E-state index in [-0.39, 0.29) is 36.4 Å². The van der Waals surface area contributed by atoms with E-state index in [2.05, 4.69) is 4.99 Å². The largest absolute Gasteiger partial charge is 0.378 e. The molecule has 0 saturated carbocycles. The second-order valence-electron chi connectivity index (χ2n) is 4.27. The SMILES string of the molecule is I.NC(=NCC(=O)N1CCOCC1)N1CCSCC1. The van der Waals surface area contributed by atoms with Crippen LogP contribution in [0, 0.1) is 0 Å². The molecule has 0 atom stereocenters. The number of morpholine rings is 1. The maximum atomic E-state index is 11.9. The van der Waals surface area contributed by atoms with E-state index in [0.717, 1.165) is 24.6 Å². The lowest BCUT2D eigenvalue weighted by atomic mass is 10.4. The van der Waals surface area contributed by atoms with Gasteiger partial charge in [0, 0.05) is 37.7 Å². The Morgan fingerprint density at radius 3 is 2.42 bits per heavy atom. The summed E-state index contributed by atoms with van der Waals surface area (Å²) >= 11 is 1.92. The van der Waals surface area contributed by atoms with Crippen LogP contribution in [0.1, 0.15) is 0 Å². The summed E-state index contributed by atoms with van der Waals surface area (Å²) in [5.74, 6) is 2.69. The van der Waals surface area contributed by atoms with E-state index in [4.69, 9.17) is 10.5 Å². The monoisotopic (exact) mass is 400 g/mol. The van der Waals surface area contributed by atoms with Gasteiger partial charge >= 0.3 is 0 Å². The maximum Gasteiger partial charge on any atom is 0.244 e. The summed E-state index contributed by atoms with van der Waals surface area (Å²) in [5, 5.41) is 0. The number of guanidine groups is 1. The highest BCUT2D eigenvalue weighted by Gasteiger charge is 2.17. The van der Waals surface area contributed by atoms with Crippen LogP contribution in [0.25, 0.3) is 0 Å². The molecule has 19 heavy (non-hydrogen) atoms. The highest BCUT2D eigenvalue weighted by atomic mass is 127. The quantitative estimate of drug-likeness (QED) is 0.396. The molecule has 0 aromatic heterocycles. The third-order valence-corrected chi connectivity index (χ3v) is 4.02. The Balaban J connectivity index is 0.00000180. The van der Waals surface area contributed by atoms with Gasteiger partial charge in [-0.15, -0.1) is 24.0 Å². The van der Waals surface area contributed by atoms with Crippen molar-refractivity contribution in [2.45, 2.75) is 0 Å². The summed E-state index contributed by atoms with van der Waals surface area (Å²) in [4.78, 5) is 19.9. The number of thioether (sulfide) groups is 1. The Bertz CT molecular complexity index is 318. The molecule has 2 heterocycles. The molecule has 1 amide bonds. The molecule has 0 bridgehead atoms. The van der Waals surface area contributed by atoms with Gasteiger partial charge in [-0.3, -0.25) is 4.79 Å². The molecule has 6 nitrogen and oxygen atoms in total. The average molecular weight is 400 g/mol. The van der Waals surface area contributed by atoms with Gasteiger partial charge in [0.2, 0.25) is 5.91 Å². The molecule has 2 aliphatic heterocycles. The van der Waals surface area contributed by atoms with E-state index in [1.165, 1.54) is 0 Å². The smallest absolute Gasteiger partial charge is 0.244 e. The molecular formula is C11H21IN4O2S. The first-order valence-corrected chi connectivity index (χ1v) is 7.41. The molecule has 110 valence electrons. The number of aliphatic imine (C=N–C) groups is 1. The van der Waals surface area contributed by atoms with Crippen molar-refractivity contribution < 1.29 is 9.53 Å². The van der Waals surface area contributed by atoms with Crippen molar-refractivity contribution in [1.82, 2.24) is 9.80 Å². The predicted octanol–water partition coefficient (Wildman–Crippen LogP) is -0.173. The van der Waals surface area contributed by atoms with Gasteiger partial charge in [-0.1, -0.05) is 0 Å². The molecule has 8 heteroatoms. The lowest BCUT2D eigenvalue weighted by Crippen LogP contribution is -2.44. The topological polar surface area (TPSA) is 71.2 Å². The molecule has 2 saturated heterocycles. The van der Waals surface area contributed by atoms with Gasteiger partial charge in [-0.2, -0.15) is 11.8 Å². The van der Waals surface area contributed by atoms with Crippen molar-refractivity contribution in [3.05, 3.63) is 0 Å². The third kappa shape index (κ3) is 5.35. The molecule has 2 fully saturated rings. The van der Waals surface area contributed by atoms with Crippen LogP contribution in [0.5, 0.6) is 0 Å². The fourth-order valence-electron chi connectivity index (χ4n) is 1.95. The van der Waals surface area contributed by atoms with E-state index in [1.54, 1.807) is 4.90 Å². The van der Waals surface area contributed by atoms with Crippen LogP contribution in [0.3, 0.4) is 0 Å². The Hall–Kier alpha value is -0.220. The van der Waals surface area contributed by atoms with Crippen LogP contribution in [0.4, 0.5) is 0 Å². The molecule has 0 spiro atoms. The second kappa shape index (κ2) is 8.85. The number of hydrogen-bond acceptors (Lipinski definition) is 4. The predicted molar refractivity (Wildman–Crippen MR) is 88.2 cm³/mol. The van der Waals surface area contributed by atoms with Crippen molar-refractivity contribution in [3.8, 4) is 0 Å². The van der Waals surface area contributed by atoms with Crippen molar-refractivity contribution in [2.24, 2.45) is 10.7 Å². The molecule has 0 aromatic rings. The lowest BCUT2D eigenvalue weighted by molar-refractivity contribution is -0.133. The second-order valence-corrected chi connectivity index (χ2v) is 5.49. The summed E-state index contributed by atoms with van der Waals surface area (Å²) < 4.78 is 5.21. The van der Waals surface area contributed by atoms with E-state index in [0.29, 0.717) is 32.3 Å². The molecular weight excluding hydrogens is 379 g/mol. The zero-order valence-corrected chi connectivity index (χ0v) is 14.1. The van der Waals surface area contributed by atoms with Crippen LogP contribution >= 0.6 is 35.7 Å². The van der Waals surface area contributed by atoms with Crippen LogP contribution in [-0.2, 0) is 9.53 Å². The Labute approximate surface area is 135 Å². The number of hydrogen-bond donors (Lipinski definition) is 1. The summed E-state index contributed by atoms with van der Waals surface area (Å²) in [6.07, 6.45) is 0. The normalized spacial score (nSPS) is 20.9. The Kier molecular flexibility index (Phi) is 7.84. The fraction of sp³-hybridized carbons (Fsp3) is 0.818. The molecule has 2 N–H and O–H groups in total. The van der Waals surface area contributed by atoms with Crippen LogP contribution in [0.2, 0.25) is 0 Å². The minimum atomic E-state index is 0. The summed E-state index contributed by atoms with van der Waals surface area (Å²) in [6.45, 7) is 4.55. The van der Waals surface area contributed by atoms with Gasteiger partial charge in [0.25, 0.3) is 0 Å². The number of nitrogens with two attached hydrogens (primary N) is 1. The summed E-state index contributed by atoms with van der Waals surface area (Å²) in [7, 11) is 0. The molecule has 2 aliphatic rings. The summed E-state index contributed by atoms with van der Waals surface area (Å²) in [6, 6.07) is 0. The van der Waals surface area contributed by atoms with E-state index >= 15 is 0 Å². The van der Waals surface area contributed by atoms with E-state index in [1.807, 2.05) is 16.7 Å². The Morgan fingerprint density at radius 1 is 1.16 bits per heavy atom. The first-order valence-electron chi connectivity index (χ1n) is 6.25. The third-order valence-electron chi connectivity index (χ3n) is 3.08. The minimum absolute atomic E-state index is 0. The van der Waals surface area contributed by atoms with Gasteiger partial charge in [-0.05, 0) is 0 Å². The van der Waals surface area contributed by atoms with Crippen molar-refractivity contribution in [1.29, 1.82) is 0 Å². The van der Waals surface area contributed by atoms with Crippen molar-refractivity contribution in [3.63, 3.8) is 0 Å². The summed E-state index contributed by atoms with van der Waals surface area (Å²) in [5.41, 5.74) is 5.90. The first-order chi connectivity index (χ1) is 8.77. The number of carbonyl (C=O) groups excluding carboxylic acids is 1. The van der Waals surface area contributed by atoms with Gasteiger partial charge < -0.3 is 20.3 Å². The number of rotatable bonds is 2. The van der Waals surface area contributed by atoms with Crippen LogP contribution in [0.15, 0.2) is 4.99 Å². The standard InChI is InChI=1S/C11H20N4O2S.HI/c12-11(15-3-7-18-8-4-15)13-9-10(16)14-1-5-17-6-2-14;/h1-9H2,(H2,12,13);1H. The number of halogens is 1. The van der Waals surface area contributed by atoms with Crippen molar-refractivity contribution in [2.75, 3.05) is 57.4 Å². The van der Waals surface area contributed by atoms with Gasteiger partial charge in [0.15, 0.2) is 5.96 Å². The molecule has 0 radical (unpaired) electrons. The molecule has 0 aliphatic carbocycles. The number of amides is 1. The zero-order chi connectivity index (χ0) is 12.8. The maximum absolute atomic E-state index is 11.9. The Morgan fingerprint density at radius 2 is 1.79 bits per heavy atom. The first kappa shape index (κ1) is 16.8. The van der Waals surface area contributed by atoms with E-state index in [9.17, 15) is 4.79 Å². The van der Waals surface area contributed by atoms with Gasteiger partial charge in [0.05, 0.1) is 13.2 Å². The average Bonchev–Trinajstić information content (AvgIpc) is 2.46. The van der Waals surface area contributed by atoms with Gasteiger partial charge in [-0.25, -0.2) is 4.99 Å². The highest BCUT2D eigenvalue weighted by Crippen LogP contribution is 2.08. The zero-order valence-electron chi connectivity index (χ0n) is 10.9. The fourth-order valence-corrected chi connectivity index (χ4v) is 2.86. The van der Waals surface area contributed by atoms with E-state index < -0.39 is 0 Å². The minimum Gasteiger partial charge on any atom is -0.378 e. The number of carbonyl (C=O) groups is 1. The van der Waals surface area contributed by atoms with Gasteiger partial charge in [0.1, 0.15) is 6.54 Å². The number of ether oxygens (including phenoxy) is 1. The highest BCUT2D eigenvalue weighted by molar-refractivity contribution is 14.0. The van der Waals surface area contributed by atoms with Crippen LogP contribution in [-0.4, -0.2) is 79.1 Å².